The predicted molar refractivity (Wildman–Crippen MR) is 88.9 cm³/mol. The van der Waals surface area contributed by atoms with Crippen molar-refractivity contribution in [1.29, 1.82) is 0 Å². The van der Waals surface area contributed by atoms with Crippen LogP contribution in [0, 0.1) is 5.92 Å². The van der Waals surface area contributed by atoms with Crippen LogP contribution in [0.3, 0.4) is 0 Å². The SMILES string of the molecule is C[C@@H](c1ccon1)N(C)C(=O)C1CCN(C2CCCCC2)CC1. The van der Waals surface area contributed by atoms with Gasteiger partial charge in [0.25, 0.3) is 0 Å². The van der Waals surface area contributed by atoms with Crippen molar-refractivity contribution >= 4 is 5.91 Å². The van der Waals surface area contributed by atoms with E-state index in [9.17, 15) is 4.79 Å². The zero-order chi connectivity index (χ0) is 16.2. The van der Waals surface area contributed by atoms with E-state index < -0.39 is 0 Å². The Hall–Kier alpha value is -1.36. The molecule has 0 N–H and O–H groups in total. The molecule has 0 bridgehead atoms. The minimum atomic E-state index is -0.0300. The Bertz CT molecular complexity index is 488. The maximum absolute atomic E-state index is 12.8. The van der Waals surface area contributed by atoms with Crippen molar-refractivity contribution in [1.82, 2.24) is 15.0 Å². The number of nitrogens with zero attached hydrogens (tertiary/aromatic N) is 3. The van der Waals surface area contributed by atoms with Gasteiger partial charge in [-0.1, -0.05) is 24.4 Å². The molecular weight excluding hydrogens is 290 g/mol. The summed E-state index contributed by atoms with van der Waals surface area (Å²) >= 11 is 0. The Morgan fingerprint density at radius 3 is 2.57 bits per heavy atom. The van der Waals surface area contributed by atoms with Gasteiger partial charge in [-0.05, 0) is 45.7 Å². The lowest BCUT2D eigenvalue weighted by Gasteiger charge is -2.40. The largest absolute Gasteiger partial charge is 0.364 e. The molecule has 1 saturated carbocycles. The Labute approximate surface area is 139 Å². The third-order valence-corrected chi connectivity index (χ3v) is 5.78. The number of carbonyl (C=O) groups is 1. The van der Waals surface area contributed by atoms with E-state index in [1.165, 1.54) is 32.1 Å². The molecule has 2 aliphatic rings. The molecule has 23 heavy (non-hydrogen) atoms. The van der Waals surface area contributed by atoms with Crippen LogP contribution in [0.2, 0.25) is 0 Å². The van der Waals surface area contributed by atoms with Crippen molar-refractivity contribution < 1.29 is 9.32 Å². The summed E-state index contributed by atoms with van der Waals surface area (Å²) in [6.45, 7) is 4.16. The molecule has 0 unspecified atom stereocenters. The highest BCUT2D eigenvalue weighted by Gasteiger charge is 2.32. The number of likely N-dealkylation sites (tertiary alicyclic amines) is 1. The van der Waals surface area contributed by atoms with E-state index in [1.807, 2.05) is 24.9 Å². The van der Waals surface area contributed by atoms with Crippen LogP contribution in [0.15, 0.2) is 16.9 Å². The quantitative estimate of drug-likeness (QED) is 0.855. The topological polar surface area (TPSA) is 49.6 Å². The van der Waals surface area contributed by atoms with E-state index in [4.69, 9.17) is 4.52 Å². The molecule has 5 heteroatoms. The van der Waals surface area contributed by atoms with E-state index in [2.05, 4.69) is 10.1 Å². The predicted octanol–water partition coefficient (Wildman–Crippen LogP) is 3.24. The van der Waals surface area contributed by atoms with Crippen LogP contribution < -0.4 is 0 Å². The Morgan fingerprint density at radius 1 is 1.26 bits per heavy atom. The number of hydrogen-bond acceptors (Lipinski definition) is 4. The van der Waals surface area contributed by atoms with Crippen LogP contribution in [0.25, 0.3) is 0 Å². The molecule has 128 valence electrons. The van der Waals surface area contributed by atoms with Gasteiger partial charge in [-0.3, -0.25) is 4.79 Å². The highest BCUT2D eigenvalue weighted by Crippen LogP contribution is 2.29. The van der Waals surface area contributed by atoms with Crippen molar-refractivity contribution in [2.75, 3.05) is 20.1 Å². The minimum absolute atomic E-state index is 0.0300. The fraction of sp³-hybridized carbons (Fsp3) is 0.778. The Morgan fingerprint density at radius 2 is 1.96 bits per heavy atom. The maximum Gasteiger partial charge on any atom is 0.226 e. The Kier molecular flexibility index (Phi) is 5.36. The average Bonchev–Trinajstić information content (AvgIpc) is 3.15. The van der Waals surface area contributed by atoms with Gasteiger partial charge in [0.1, 0.15) is 12.0 Å². The van der Waals surface area contributed by atoms with Gasteiger partial charge in [0.15, 0.2) is 0 Å². The first-order valence-electron chi connectivity index (χ1n) is 9.08. The number of piperidine rings is 1. The summed E-state index contributed by atoms with van der Waals surface area (Å²) in [5.41, 5.74) is 0.820. The van der Waals surface area contributed by atoms with Gasteiger partial charge in [-0.25, -0.2) is 0 Å². The monoisotopic (exact) mass is 319 g/mol. The third-order valence-electron chi connectivity index (χ3n) is 5.78. The van der Waals surface area contributed by atoms with Crippen LogP contribution >= 0.6 is 0 Å². The van der Waals surface area contributed by atoms with Crippen LogP contribution in [-0.2, 0) is 4.79 Å². The molecule has 5 nitrogen and oxygen atoms in total. The van der Waals surface area contributed by atoms with Crippen LogP contribution in [0.5, 0.6) is 0 Å². The number of aromatic nitrogens is 1. The van der Waals surface area contributed by atoms with Crippen molar-refractivity contribution in [2.45, 2.75) is 64.0 Å². The van der Waals surface area contributed by atoms with Gasteiger partial charge in [0, 0.05) is 25.1 Å². The Balaban J connectivity index is 1.51. The van der Waals surface area contributed by atoms with Gasteiger partial charge < -0.3 is 14.3 Å². The second kappa shape index (κ2) is 7.47. The first-order valence-corrected chi connectivity index (χ1v) is 9.08. The molecule has 1 aliphatic carbocycles. The zero-order valence-corrected chi connectivity index (χ0v) is 14.4. The van der Waals surface area contributed by atoms with E-state index in [0.717, 1.165) is 37.7 Å². The summed E-state index contributed by atoms with van der Waals surface area (Å²) in [5.74, 6) is 0.415. The number of hydrogen-bond donors (Lipinski definition) is 0. The summed E-state index contributed by atoms with van der Waals surface area (Å²) in [5, 5.41) is 3.96. The first-order chi connectivity index (χ1) is 11.2. The average molecular weight is 319 g/mol. The van der Waals surface area contributed by atoms with Crippen LogP contribution in [-0.4, -0.2) is 47.0 Å². The number of rotatable bonds is 4. The normalized spacial score (nSPS) is 22.9. The molecule has 1 amide bonds. The molecule has 0 aromatic carbocycles. The third kappa shape index (κ3) is 3.77. The summed E-state index contributed by atoms with van der Waals surface area (Å²) in [6, 6.07) is 2.57. The van der Waals surface area contributed by atoms with Crippen molar-refractivity contribution in [2.24, 2.45) is 5.92 Å². The molecule has 0 radical (unpaired) electrons. The second-order valence-corrected chi connectivity index (χ2v) is 7.15. The lowest BCUT2D eigenvalue weighted by Crippen LogP contribution is -2.46. The van der Waals surface area contributed by atoms with Gasteiger partial charge in [0.05, 0.1) is 6.04 Å². The highest BCUT2D eigenvalue weighted by molar-refractivity contribution is 5.79. The van der Waals surface area contributed by atoms with Crippen LogP contribution in [0.4, 0.5) is 0 Å². The van der Waals surface area contributed by atoms with Gasteiger partial charge in [0.2, 0.25) is 5.91 Å². The molecular formula is C18H29N3O2. The van der Waals surface area contributed by atoms with E-state index >= 15 is 0 Å². The molecule has 1 saturated heterocycles. The molecule has 1 aromatic rings. The molecule has 2 heterocycles. The molecule has 2 fully saturated rings. The molecule has 1 aliphatic heterocycles. The fourth-order valence-electron chi connectivity index (χ4n) is 4.07. The second-order valence-electron chi connectivity index (χ2n) is 7.15. The van der Waals surface area contributed by atoms with Crippen molar-refractivity contribution in [3.05, 3.63) is 18.0 Å². The van der Waals surface area contributed by atoms with Crippen molar-refractivity contribution in [3.8, 4) is 0 Å². The molecule has 3 rings (SSSR count). The summed E-state index contributed by atoms with van der Waals surface area (Å²) < 4.78 is 4.90. The summed E-state index contributed by atoms with van der Waals surface area (Å²) in [4.78, 5) is 17.2. The smallest absolute Gasteiger partial charge is 0.226 e. The number of carbonyl (C=O) groups excluding carboxylic acids is 1. The van der Waals surface area contributed by atoms with Crippen LogP contribution in [0.1, 0.15) is 63.6 Å². The molecule has 1 atom stereocenters. The molecule has 1 aromatic heterocycles. The van der Waals surface area contributed by atoms with Gasteiger partial charge >= 0.3 is 0 Å². The van der Waals surface area contributed by atoms with Crippen molar-refractivity contribution in [3.63, 3.8) is 0 Å². The lowest BCUT2D eigenvalue weighted by molar-refractivity contribution is -0.138. The summed E-state index contributed by atoms with van der Waals surface area (Å²) in [7, 11) is 1.88. The minimum Gasteiger partial charge on any atom is -0.364 e. The van der Waals surface area contributed by atoms with E-state index in [1.54, 1.807) is 6.26 Å². The van der Waals surface area contributed by atoms with E-state index in [-0.39, 0.29) is 17.9 Å². The number of amides is 1. The van der Waals surface area contributed by atoms with Gasteiger partial charge in [-0.15, -0.1) is 0 Å². The molecule has 0 spiro atoms. The maximum atomic E-state index is 12.8. The fourth-order valence-corrected chi connectivity index (χ4v) is 4.07. The standard InChI is InChI=1S/C18H29N3O2/c1-14(17-10-13-23-19-17)20(2)18(22)15-8-11-21(12-9-15)16-6-4-3-5-7-16/h10,13-16H,3-9,11-12H2,1-2H3/t14-/m0/s1. The summed E-state index contributed by atoms with van der Waals surface area (Å²) in [6.07, 6.45) is 10.4. The van der Waals surface area contributed by atoms with E-state index in [0.29, 0.717) is 0 Å². The zero-order valence-electron chi connectivity index (χ0n) is 14.4. The first kappa shape index (κ1) is 16.5. The lowest BCUT2D eigenvalue weighted by atomic mass is 9.89. The van der Waals surface area contributed by atoms with Gasteiger partial charge in [-0.2, -0.15) is 0 Å². The highest BCUT2D eigenvalue weighted by atomic mass is 16.5.